The van der Waals surface area contributed by atoms with E-state index in [2.05, 4.69) is 62.7 Å². The molecule has 0 aliphatic carbocycles. The van der Waals surface area contributed by atoms with Crippen molar-refractivity contribution in [1.82, 2.24) is 9.47 Å². The Morgan fingerprint density at radius 2 is 2.00 bits per heavy atom. The summed E-state index contributed by atoms with van der Waals surface area (Å²) in [6, 6.07) is 7.05. The minimum absolute atomic E-state index is 0.274. The summed E-state index contributed by atoms with van der Waals surface area (Å²) in [6.07, 6.45) is 1.07. The second kappa shape index (κ2) is 5.35. The highest BCUT2D eigenvalue weighted by Gasteiger charge is 2.21. The van der Waals surface area contributed by atoms with E-state index < -0.39 is 0 Å². The molecule has 1 atom stereocenters. The van der Waals surface area contributed by atoms with Crippen LogP contribution in [0.25, 0.3) is 10.9 Å². The first kappa shape index (κ1) is 14.1. The molecular formula is C16H25N3. The molecule has 3 heteroatoms. The van der Waals surface area contributed by atoms with Crippen molar-refractivity contribution >= 4 is 10.9 Å². The maximum absolute atomic E-state index is 5.99. The lowest BCUT2D eigenvalue weighted by molar-refractivity contribution is 0.306. The van der Waals surface area contributed by atoms with Crippen LogP contribution in [0.1, 0.15) is 29.8 Å². The van der Waals surface area contributed by atoms with Crippen molar-refractivity contribution in [3.63, 3.8) is 0 Å². The molecule has 0 fully saturated rings. The zero-order valence-corrected chi connectivity index (χ0v) is 12.7. The highest BCUT2D eigenvalue weighted by Crippen LogP contribution is 2.32. The fraction of sp³-hybridized carbons (Fsp3) is 0.500. The van der Waals surface area contributed by atoms with Gasteiger partial charge >= 0.3 is 0 Å². The largest absolute Gasteiger partial charge is 0.348 e. The Kier molecular flexibility index (Phi) is 3.97. The first-order chi connectivity index (χ1) is 9.01. The lowest BCUT2D eigenvalue weighted by Crippen LogP contribution is -2.27. The fourth-order valence-corrected chi connectivity index (χ4v) is 2.88. The molecule has 2 aromatic rings. The Labute approximate surface area is 116 Å². The van der Waals surface area contributed by atoms with Gasteiger partial charge in [-0.25, -0.2) is 0 Å². The predicted molar refractivity (Wildman–Crippen MR) is 82.5 cm³/mol. The van der Waals surface area contributed by atoms with E-state index in [1.807, 2.05) is 0 Å². The van der Waals surface area contributed by atoms with E-state index in [1.165, 1.54) is 27.7 Å². The van der Waals surface area contributed by atoms with E-state index >= 15 is 0 Å². The SMILES string of the molecule is CCc1ccc2c(c1)c(C(CN)N(C)C)c(C)n2C. The predicted octanol–water partition coefficient (Wildman–Crippen LogP) is 2.61. The van der Waals surface area contributed by atoms with E-state index in [9.17, 15) is 0 Å². The Hall–Kier alpha value is -1.32. The lowest BCUT2D eigenvalue weighted by Gasteiger charge is -2.23. The van der Waals surface area contributed by atoms with Crippen molar-refractivity contribution in [3.05, 3.63) is 35.0 Å². The second-order valence-electron chi connectivity index (χ2n) is 5.48. The van der Waals surface area contributed by atoms with E-state index in [0.717, 1.165) is 6.42 Å². The summed E-state index contributed by atoms with van der Waals surface area (Å²) >= 11 is 0. The molecule has 0 spiro atoms. The molecule has 3 nitrogen and oxygen atoms in total. The molecule has 0 saturated heterocycles. The van der Waals surface area contributed by atoms with Gasteiger partial charge in [-0.05, 0) is 50.7 Å². The minimum Gasteiger partial charge on any atom is -0.348 e. The molecule has 0 aliphatic rings. The summed E-state index contributed by atoms with van der Waals surface area (Å²) in [5.74, 6) is 0. The van der Waals surface area contributed by atoms with E-state index in [1.54, 1.807) is 0 Å². The van der Waals surface area contributed by atoms with Gasteiger partial charge in [0, 0.05) is 36.2 Å². The average molecular weight is 259 g/mol. The third kappa shape index (κ3) is 2.28. The van der Waals surface area contributed by atoms with Gasteiger partial charge in [0.25, 0.3) is 0 Å². The van der Waals surface area contributed by atoms with Gasteiger partial charge in [0.15, 0.2) is 0 Å². The smallest absolute Gasteiger partial charge is 0.0488 e. The van der Waals surface area contributed by atoms with E-state index in [0.29, 0.717) is 6.54 Å². The number of nitrogens with zero attached hydrogens (tertiary/aromatic N) is 2. The molecule has 19 heavy (non-hydrogen) atoms. The lowest BCUT2D eigenvalue weighted by atomic mass is 10.00. The molecule has 104 valence electrons. The molecule has 0 bridgehead atoms. The van der Waals surface area contributed by atoms with Crippen LogP contribution in [-0.4, -0.2) is 30.1 Å². The fourth-order valence-electron chi connectivity index (χ4n) is 2.88. The number of hydrogen-bond donors (Lipinski definition) is 1. The van der Waals surface area contributed by atoms with Crippen molar-refractivity contribution < 1.29 is 0 Å². The summed E-state index contributed by atoms with van der Waals surface area (Å²) in [4.78, 5) is 2.21. The van der Waals surface area contributed by atoms with Gasteiger partial charge in [0.1, 0.15) is 0 Å². The summed E-state index contributed by atoms with van der Waals surface area (Å²) < 4.78 is 2.27. The number of hydrogen-bond acceptors (Lipinski definition) is 2. The molecule has 2 rings (SSSR count). The van der Waals surface area contributed by atoms with Crippen molar-refractivity contribution in [2.75, 3.05) is 20.6 Å². The van der Waals surface area contributed by atoms with Crippen LogP contribution in [0.5, 0.6) is 0 Å². The second-order valence-corrected chi connectivity index (χ2v) is 5.48. The molecule has 1 aromatic carbocycles. The maximum Gasteiger partial charge on any atom is 0.0488 e. The van der Waals surface area contributed by atoms with Gasteiger partial charge in [0.05, 0.1) is 0 Å². The number of aromatic nitrogens is 1. The molecule has 1 aromatic heterocycles. The Morgan fingerprint density at radius 1 is 1.32 bits per heavy atom. The minimum atomic E-state index is 0.274. The highest BCUT2D eigenvalue weighted by atomic mass is 15.1. The van der Waals surface area contributed by atoms with Crippen molar-refractivity contribution in [3.8, 4) is 0 Å². The quantitative estimate of drug-likeness (QED) is 0.916. The highest BCUT2D eigenvalue weighted by molar-refractivity contribution is 5.86. The van der Waals surface area contributed by atoms with Crippen LogP contribution >= 0.6 is 0 Å². The summed E-state index contributed by atoms with van der Waals surface area (Å²) in [6.45, 7) is 5.03. The number of fused-ring (bicyclic) bond motifs is 1. The topological polar surface area (TPSA) is 34.2 Å². The zero-order valence-electron chi connectivity index (χ0n) is 12.7. The summed E-state index contributed by atoms with van der Waals surface area (Å²) in [5, 5.41) is 1.35. The number of nitrogens with two attached hydrogens (primary N) is 1. The zero-order chi connectivity index (χ0) is 14.2. The van der Waals surface area contributed by atoms with Crippen LogP contribution in [0, 0.1) is 6.92 Å². The number of rotatable bonds is 4. The van der Waals surface area contributed by atoms with Gasteiger partial charge < -0.3 is 15.2 Å². The molecule has 0 amide bonds. The van der Waals surface area contributed by atoms with Gasteiger partial charge in [-0.1, -0.05) is 13.0 Å². The van der Waals surface area contributed by atoms with Crippen molar-refractivity contribution in [2.24, 2.45) is 12.8 Å². The average Bonchev–Trinajstić information content (AvgIpc) is 2.64. The maximum atomic E-state index is 5.99. The van der Waals surface area contributed by atoms with Crippen LogP contribution < -0.4 is 5.73 Å². The van der Waals surface area contributed by atoms with Crippen molar-refractivity contribution in [1.29, 1.82) is 0 Å². The third-order valence-electron chi connectivity index (χ3n) is 4.19. The molecule has 0 aliphatic heterocycles. The standard InChI is InChI=1S/C16H25N3/c1-6-12-7-8-14-13(9-12)16(11(2)19(14)5)15(10-17)18(3)4/h7-9,15H,6,10,17H2,1-5H3. The number of likely N-dealkylation sites (N-methyl/N-ethyl adjacent to an activating group) is 1. The molecule has 1 unspecified atom stereocenters. The van der Waals surface area contributed by atoms with Crippen LogP contribution in [0.15, 0.2) is 18.2 Å². The molecule has 0 radical (unpaired) electrons. The molecular weight excluding hydrogens is 234 g/mol. The third-order valence-corrected chi connectivity index (χ3v) is 4.19. The van der Waals surface area contributed by atoms with Crippen LogP contribution in [0.2, 0.25) is 0 Å². The summed E-state index contributed by atoms with van der Waals surface area (Å²) in [7, 11) is 6.33. The van der Waals surface area contributed by atoms with Crippen molar-refractivity contribution in [2.45, 2.75) is 26.3 Å². The van der Waals surface area contributed by atoms with E-state index in [-0.39, 0.29) is 6.04 Å². The monoisotopic (exact) mass is 259 g/mol. The number of benzene rings is 1. The Morgan fingerprint density at radius 3 is 2.53 bits per heavy atom. The van der Waals surface area contributed by atoms with Crippen LogP contribution in [0.3, 0.4) is 0 Å². The van der Waals surface area contributed by atoms with Crippen LogP contribution in [-0.2, 0) is 13.5 Å². The number of aryl methyl sites for hydroxylation is 2. The Bertz CT molecular complexity index is 581. The van der Waals surface area contributed by atoms with Gasteiger partial charge in [-0.15, -0.1) is 0 Å². The summed E-state index contributed by atoms with van der Waals surface area (Å²) in [5.41, 5.74) is 11.4. The first-order valence-corrected chi connectivity index (χ1v) is 6.95. The van der Waals surface area contributed by atoms with Gasteiger partial charge in [-0.2, -0.15) is 0 Å². The molecule has 0 saturated carbocycles. The Balaban J connectivity index is 2.74. The van der Waals surface area contributed by atoms with E-state index in [4.69, 9.17) is 5.73 Å². The molecule has 2 N–H and O–H groups in total. The van der Waals surface area contributed by atoms with Gasteiger partial charge in [-0.3, -0.25) is 0 Å². The normalized spacial score (nSPS) is 13.4. The first-order valence-electron chi connectivity index (χ1n) is 6.95. The van der Waals surface area contributed by atoms with Crippen LogP contribution in [0.4, 0.5) is 0 Å². The molecule has 1 heterocycles. The van der Waals surface area contributed by atoms with Gasteiger partial charge in [0.2, 0.25) is 0 Å².